The molecule has 0 saturated carbocycles. The number of dihydropyridines is 1. The highest BCUT2D eigenvalue weighted by Gasteiger charge is 2.43. The fourth-order valence-electron chi connectivity index (χ4n) is 3.23. The molecule has 28 heavy (non-hydrogen) atoms. The van der Waals surface area contributed by atoms with Gasteiger partial charge in [0, 0.05) is 18.0 Å². The molecule has 3 aromatic rings. The summed E-state index contributed by atoms with van der Waals surface area (Å²) >= 11 is 0. The van der Waals surface area contributed by atoms with Crippen molar-refractivity contribution >= 4 is 33.4 Å². The zero-order chi connectivity index (χ0) is 19.9. The third-order valence-corrected chi connectivity index (χ3v) is 6.21. The number of nitrogens with zero attached hydrogens (tertiary/aromatic N) is 4. The van der Waals surface area contributed by atoms with Crippen LogP contribution >= 0.6 is 0 Å². The Bertz CT molecular complexity index is 1210. The van der Waals surface area contributed by atoms with Gasteiger partial charge in [-0.1, -0.05) is 12.1 Å². The minimum Gasteiger partial charge on any atom is -0.497 e. The summed E-state index contributed by atoms with van der Waals surface area (Å²) in [4.78, 5) is 8.39. The fraction of sp³-hybridized carbons (Fsp3) is 0.167. The lowest BCUT2D eigenvalue weighted by atomic mass is 9.92. The molecule has 144 valence electrons. The van der Waals surface area contributed by atoms with E-state index in [9.17, 15) is 8.42 Å². The van der Waals surface area contributed by atoms with E-state index in [0.717, 1.165) is 0 Å². The smallest absolute Gasteiger partial charge is 0.240 e. The quantitative estimate of drug-likeness (QED) is 0.672. The Morgan fingerprint density at radius 1 is 1.18 bits per heavy atom. The number of hydrogen-bond donors (Lipinski definition) is 2. The van der Waals surface area contributed by atoms with Crippen LogP contribution in [-0.4, -0.2) is 42.9 Å². The number of nitrogen functional groups attached to an aromatic ring is 1. The summed E-state index contributed by atoms with van der Waals surface area (Å²) in [6.07, 6.45) is 4.96. The lowest BCUT2D eigenvalue weighted by molar-refractivity contribution is 0.414. The second-order valence-corrected chi connectivity index (χ2v) is 8.24. The van der Waals surface area contributed by atoms with Crippen LogP contribution in [0, 0.1) is 0 Å². The van der Waals surface area contributed by atoms with Crippen molar-refractivity contribution in [1.82, 2.24) is 14.6 Å². The number of sulfonamides is 1. The van der Waals surface area contributed by atoms with Crippen LogP contribution in [0.5, 0.6) is 5.75 Å². The molecule has 3 heterocycles. The number of rotatable bonds is 4. The Hall–Kier alpha value is -3.24. The fourth-order valence-corrected chi connectivity index (χ4v) is 4.24. The first-order chi connectivity index (χ1) is 13.3. The van der Waals surface area contributed by atoms with Crippen LogP contribution in [0.2, 0.25) is 0 Å². The number of methoxy groups -OCH3 is 1. The van der Waals surface area contributed by atoms with Gasteiger partial charge in [0.05, 0.1) is 13.7 Å². The van der Waals surface area contributed by atoms with E-state index in [1.165, 1.54) is 4.52 Å². The van der Waals surface area contributed by atoms with Crippen LogP contribution in [0.1, 0.15) is 11.1 Å². The van der Waals surface area contributed by atoms with Gasteiger partial charge in [0.25, 0.3) is 0 Å². The van der Waals surface area contributed by atoms with Gasteiger partial charge >= 0.3 is 0 Å². The number of primary sulfonamides is 1. The van der Waals surface area contributed by atoms with Crippen LogP contribution in [0.3, 0.4) is 0 Å². The van der Waals surface area contributed by atoms with E-state index in [2.05, 4.69) is 15.1 Å². The SMILES string of the molecule is COc1ccc(C2(S(N)(=O)=O)C=C(c3ccc4nc(N)nn4c3)C=NC2)cc1. The molecule has 1 aromatic carbocycles. The number of anilines is 1. The number of hydrogen-bond acceptors (Lipinski definition) is 7. The van der Waals surface area contributed by atoms with Gasteiger partial charge in [-0.2, -0.15) is 4.98 Å². The van der Waals surface area contributed by atoms with Gasteiger partial charge in [0.1, 0.15) is 10.5 Å². The predicted octanol–water partition coefficient (Wildman–Crippen LogP) is 0.972. The summed E-state index contributed by atoms with van der Waals surface area (Å²) in [6, 6.07) is 10.3. The normalized spacial score (nSPS) is 19.6. The Morgan fingerprint density at radius 2 is 1.93 bits per heavy atom. The number of allylic oxidation sites excluding steroid dienone is 1. The maximum Gasteiger partial charge on any atom is 0.240 e. The molecule has 1 atom stereocenters. The summed E-state index contributed by atoms with van der Waals surface area (Å²) in [5.41, 5.74) is 8.04. The molecule has 4 N–H and O–H groups in total. The number of aliphatic imine (C=N–C) groups is 1. The van der Waals surface area contributed by atoms with Crippen molar-refractivity contribution in [3.63, 3.8) is 0 Å². The van der Waals surface area contributed by atoms with E-state index >= 15 is 0 Å². The molecule has 0 amide bonds. The van der Waals surface area contributed by atoms with Gasteiger partial charge in [-0.3, -0.25) is 4.99 Å². The lowest BCUT2D eigenvalue weighted by Gasteiger charge is -2.30. The monoisotopic (exact) mass is 398 g/mol. The molecule has 1 aliphatic rings. The molecule has 0 spiro atoms. The zero-order valence-electron chi connectivity index (χ0n) is 15.0. The van der Waals surface area contributed by atoms with Crippen LogP contribution in [0.25, 0.3) is 11.2 Å². The van der Waals surface area contributed by atoms with Crippen molar-refractivity contribution in [2.75, 3.05) is 19.4 Å². The van der Waals surface area contributed by atoms with Gasteiger partial charge in [0.15, 0.2) is 5.65 Å². The summed E-state index contributed by atoms with van der Waals surface area (Å²) < 4.78 is 30.5. The molecule has 10 heteroatoms. The van der Waals surface area contributed by atoms with E-state index in [4.69, 9.17) is 15.6 Å². The van der Waals surface area contributed by atoms with Crippen molar-refractivity contribution in [2.45, 2.75) is 4.75 Å². The molecule has 0 fully saturated rings. The first kappa shape index (κ1) is 18.1. The van der Waals surface area contributed by atoms with E-state index in [1.54, 1.807) is 62.0 Å². The Kier molecular flexibility index (Phi) is 4.16. The van der Waals surface area contributed by atoms with E-state index in [-0.39, 0.29) is 12.5 Å². The van der Waals surface area contributed by atoms with Crippen LogP contribution in [-0.2, 0) is 14.8 Å². The van der Waals surface area contributed by atoms with E-state index in [0.29, 0.717) is 28.1 Å². The molecule has 1 aliphatic heterocycles. The average Bonchev–Trinajstić information content (AvgIpc) is 3.06. The highest BCUT2D eigenvalue weighted by Crippen LogP contribution is 2.36. The summed E-state index contributed by atoms with van der Waals surface area (Å²) in [5.74, 6) is 0.770. The third-order valence-electron chi connectivity index (χ3n) is 4.71. The first-order valence-corrected chi connectivity index (χ1v) is 9.89. The van der Waals surface area contributed by atoms with Gasteiger partial charge in [-0.05, 0) is 41.5 Å². The molecular formula is C18H18N6O3S. The number of nitrogens with two attached hydrogens (primary N) is 2. The summed E-state index contributed by atoms with van der Waals surface area (Å²) in [7, 11) is -2.48. The van der Waals surface area contributed by atoms with Crippen molar-refractivity contribution in [3.8, 4) is 5.75 Å². The number of fused-ring (bicyclic) bond motifs is 1. The molecule has 2 aromatic heterocycles. The van der Waals surface area contributed by atoms with Crippen molar-refractivity contribution in [1.29, 1.82) is 0 Å². The number of ether oxygens (including phenoxy) is 1. The van der Waals surface area contributed by atoms with Crippen LogP contribution < -0.4 is 15.6 Å². The minimum atomic E-state index is -4.03. The summed E-state index contributed by atoms with van der Waals surface area (Å²) in [5, 5.41) is 9.75. The number of aromatic nitrogens is 3. The van der Waals surface area contributed by atoms with Gasteiger partial charge in [-0.15, -0.1) is 5.10 Å². The molecule has 4 rings (SSSR count). The van der Waals surface area contributed by atoms with E-state index < -0.39 is 14.8 Å². The molecule has 0 aliphatic carbocycles. The maximum atomic E-state index is 12.6. The number of pyridine rings is 1. The molecule has 1 unspecified atom stereocenters. The zero-order valence-corrected chi connectivity index (χ0v) is 15.8. The molecule has 9 nitrogen and oxygen atoms in total. The Labute approximate surface area is 161 Å². The first-order valence-electron chi connectivity index (χ1n) is 8.34. The second kappa shape index (κ2) is 6.43. The van der Waals surface area contributed by atoms with Crippen LogP contribution in [0.15, 0.2) is 53.7 Å². The van der Waals surface area contributed by atoms with Crippen molar-refractivity contribution in [3.05, 3.63) is 59.8 Å². The topological polar surface area (TPSA) is 138 Å². The average molecular weight is 398 g/mol. The van der Waals surface area contributed by atoms with Gasteiger partial charge < -0.3 is 10.5 Å². The Balaban J connectivity index is 1.87. The summed E-state index contributed by atoms with van der Waals surface area (Å²) in [6.45, 7) is -0.0137. The maximum absolute atomic E-state index is 12.6. The van der Waals surface area contributed by atoms with Gasteiger partial charge in [-0.25, -0.2) is 18.1 Å². The highest BCUT2D eigenvalue weighted by atomic mass is 32.2. The third kappa shape index (κ3) is 2.92. The van der Waals surface area contributed by atoms with Gasteiger partial charge in [0.2, 0.25) is 16.0 Å². The molecule has 0 bridgehead atoms. The molecule has 0 saturated heterocycles. The lowest BCUT2D eigenvalue weighted by Crippen LogP contribution is -2.43. The van der Waals surface area contributed by atoms with Crippen LogP contribution in [0.4, 0.5) is 5.95 Å². The predicted molar refractivity (Wildman–Crippen MR) is 107 cm³/mol. The standard InChI is InChI=1S/C18H18N6O3S/c1-27-15-5-3-14(4-6-15)18(28(20,25)26)8-13(9-21-11-18)12-2-7-16-22-17(19)23-24(16)10-12/h2-10H,11H2,1H3,(H2,19,23)(H2,20,25,26). The largest absolute Gasteiger partial charge is 0.497 e. The van der Waals surface area contributed by atoms with E-state index in [1.807, 2.05) is 0 Å². The highest BCUT2D eigenvalue weighted by molar-refractivity contribution is 7.90. The van der Waals surface area contributed by atoms with Crippen molar-refractivity contribution in [2.24, 2.45) is 10.1 Å². The molecular weight excluding hydrogens is 380 g/mol. The Morgan fingerprint density at radius 3 is 2.61 bits per heavy atom. The second-order valence-electron chi connectivity index (χ2n) is 6.42. The van der Waals surface area contributed by atoms with Crippen molar-refractivity contribution < 1.29 is 13.2 Å². The number of benzene rings is 1. The minimum absolute atomic E-state index is 0.0137. The molecule has 0 radical (unpaired) electrons.